The summed E-state index contributed by atoms with van der Waals surface area (Å²) in [6, 6.07) is -5.11. The van der Waals surface area contributed by atoms with Crippen LogP contribution in [0.2, 0.25) is 0 Å². The van der Waals surface area contributed by atoms with E-state index in [2.05, 4.69) is 58.8 Å². The van der Waals surface area contributed by atoms with Crippen molar-refractivity contribution in [3.63, 3.8) is 0 Å². The molecule has 2 heterocycles. The molecule has 0 radical (unpaired) electrons. The standard InChI is InChI=1S/C42H72N10O6/c1-8-9-10-11-12-13-14-15-16-17-18-19-20-21-35(53)51-36(28(2)3)41(57)50-34(23-32-25-45-27-47-32)40(56)48-30(6)38(54)52-37(29(4)5)42(58)49-33(39(55)43-7)22-31-24-44-26-46-31/h24-30,33-34,36-37H,8-23H2,1-7H3,(H,43,55)(H,44,46)(H,45,47)(H,48,56)(H,49,58)(H,50,57)(H,51,53)(H,52,54)/t30-,33-,34-,36-,37-/m0/s1. The van der Waals surface area contributed by atoms with Crippen LogP contribution < -0.4 is 31.9 Å². The van der Waals surface area contributed by atoms with Gasteiger partial charge in [0.2, 0.25) is 35.4 Å². The van der Waals surface area contributed by atoms with Crippen molar-refractivity contribution < 1.29 is 28.8 Å². The van der Waals surface area contributed by atoms with Crippen LogP contribution in [0.1, 0.15) is 143 Å². The zero-order chi connectivity index (χ0) is 42.9. The van der Waals surface area contributed by atoms with Crippen molar-refractivity contribution in [3.8, 4) is 0 Å². The Hall–Kier alpha value is -4.76. The lowest BCUT2D eigenvalue weighted by atomic mass is 10.0. The smallest absolute Gasteiger partial charge is 0.243 e. The summed E-state index contributed by atoms with van der Waals surface area (Å²) in [7, 11) is 1.46. The summed E-state index contributed by atoms with van der Waals surface area (Å²) in [4.78, 5) is 93.6. The lowest BCUT2D eigenvalue weighted by Crippen LogP contribution is -2.60. The third-order valence-corrected chi connectivity index (χ3v) is 10.2. The molecule has 0 aliphatic heterocycles. The zero-order valence-corrected chi connectivity index (χ0v) is 36.0. The summed E-state index contributed by atoms with van der Waals surface area (Å²) in [5.74, 6) is -3.69. The van der Waals surface area contributed by atoms with E-state index >= 15 is 0 Å². The molecule has 16 nitrogen and oxygen atoms in total. The lowest BCUT2D eigenvalue weighted by Gasteiger charge is -2.27. The Labute approximate surface area is 345 Å². The van der Waals surface area contributed by atoms with Crippen molar-refractivity contribution in [1.29, 1.82) is 0 Å². The molecule has 16 heteroatoms. The zero-order valence-electron chi connectivity index (χ0n) is 36.0. The topological polar surface area (TPSA) is 232 Å². The summed E-state index contributed by atoms with van der Waals surface area (Å²) in [6.07, 6.45) is 22.3. The van der Waals surface area contributed by atoms with E-state index in [-0.39, 0.29) is 30.6 Å². The normalized spacial score (nSPS) is 13.9. The first-order valence-electron chi connectivity index (χ1n) is 21.4. The van der Waals surface area contributed by atoms with Crippen LogP contribution in [0.4, 0.5) is 0 Å². The Balaban J connectivity index is 1.94. The molecular formula is C42H72N10O6. The van der Waals surface area contributed by atoms with Gasteiger partial charge < -0.3 is 41.9 Å². The van der Waals surface area contributed by atoms with E-state index in [0.29, 0.717) is 17.8 Å². The van der Waals surface area contributed by atoms with Gasteiger partial charge in [0.15, 0.2) is 0 Å². The Kier molecular flexibility index (Phi) is 23.7. The molecule has 58 heavy (non-hydrogen) atoms. The molecule has 0 spiro atoms. The molecule has 0 aliphatic carbocycles. The van der Waals surface area contributed by atoms with E-state index < -0.39 is 59.7 Å². The van der Waals surface area contributed by atoms with Gasteiger partial charge in [-0.1, -0.05) is 112 Å². The van der Waals surface area contributed by atoms with Crippen LogP contribution in [0.3, 0.4) is 0 Å². The van der Waals surface area contributed by atoms with Crippen molar-refractivity contribution >= 4 is 35.4 Å². The molecular weight excluding hydrogens is 741 g/mol. The average molecular weight is 813 g/mol. The fourth-order valence-corrected chi connectivity index (χ4v) is 6.62. The number of carbonyl (C=O) groups is 6. The number of aromatic amines is 2. The minimum absolute atomic E-state index is 0.0149. The molecule has 0 saturated carbocycles. The predicted molar refractivity (Wildman–Crippen MR) is 224 cm³/mol. The minimum Gasteiger partial charge on any atom is -0.357 e. The van der Waals surface area contributed by atoms with Gasteiger partial charge >= 0.3 is 0 Å². The first kappa shape index (κ1) is 49.4. The van der Waals surface area contributed by atoms with Crippen molar-refractivity contribution in [3.05, 3.63) is 36.4 Å². The molecule has 2 aromatic heterocycles. The van der Waals surface area contributed by atoms with Crippen LogP contribution in [-0.4, -0.2) is 92.6 Å². The highest BCUT2D eigenvalue weighted by molar-refractivity contribution is 5.96. The number of hydrogen-bond donors (Lipinski definition) is 8. The number of aromatic nitrogens is 4. The van der Waals surface area contributed by atoms with Crippen LogP contribution in [0, 0.1) is 11.8 Å². The second-order valence-corrected chi connectivity index (χ2v) is 16.0. The quantitative estimate of drug-likeness (QED) is 0.0538. The third kappa shape index (κ3) is 19.1. The van der Waals surface area contributed by atoms with Crippen LogP contribution in [0.25, 0.3) is 0 Å². The predicted octanol–water partition coefficient (Wildman–Crippen LogP) is 3.90. The first-order chi connectivity index (χ1) is 27.8. The number of imidazole rings is 2. The number of H-pyrrole nitrogens is 2. The number of rotatable bonds is 30. The maximum absolute atomic E-state index is 13.7. The Bertz CT molecular complexity index is 1500. The third-order valence-electron chi connectivity index (χ3n) is 10.2. The largest absolute Gasteiger partial charge is 0.357 e. The van der Waals surface area contributed by atoms with Crippen LogP contribution in [-0.2, 0) is 41.6 Å². The van der Waals surface area contributed by atoms with Crippen LogP contribution in [0.5, 0.6) is 0 Å². The van der Waals surface area contributed by atoms with Gasteiger partial charge in [-0.2, -0.15) is 0 Å². The van der Waals surface area contributed by atoms with Gasteiger partial charge in [0.05, 0.1) is 24.0 Å². The van der Waals surface area contributed by atoms with E-state index in [1.165, 1.54) is 84.4 Å². The molecule has 2 aromatic rings. The molecule has 326 valence electrons. The van der Waals surface area contributed by atoms with E-state index in [0.717, 1.165) is 25.7 Å². The molecule has 0 aliphatic rings. The van der Waals surface area contributed by atoms with Gasteiger partial charge in [-0.15, -0.1) is 0 Å². The van der Waals surface area contributed by atoms with E-state index in [9.17, 15) is 28.8 Å². The second kappa shape index (κ2) is 27.8. The number of carbonyl (C=O) groups excluding carboxylic acids is 6. The molecule has 5 atom stereocenters. The van der Waals surface area contributed by atoms with E-state index in [1.54, 1.807) is 26.2 Å². The van der Waals surface area contributed by atoms with Gasteiger partial charge in [-0.3, -0.25) is 28.8 Å². The molecule has 0 aromatic carbocycles. The summed E-state index contributed by atoms with van der Waals surface area (Å²) < 4.78 is 0. The molecule has 0 fully saturated rings. The van der Waals surface area contributed by atoms with E-state index in [4.69, 9.17) is 0 Å². The van der Waals surface area contributed by atoms with Crippen molar-refractivity contribution in [2.75, 3.05) is 7.05 Å². The highest BCUT2D eigenvalue weighted by atomic mass is 16.2. The molecule has 0 bridgehead atoms. The van der Waals surface area contributed by atoms with Gasteiger partial charge in [-0.05, 0) is 25.2 Å². The summed E-state index contributed by atoms with van der Waals surface area (Å²) in [5.41, 5.74) is 1.07. The molecule has 0 saturated heterocycles. The van der Waals surface area contributed by atoms with Crippen LogP contribution >= 0.6 is 0 Å². The summed E-state index contributed by atoms with van der Waals surface area (Å²) >= 11 is 0. The van der Waals surface area contributed by atoms with Crippen molar-refractivity contribution in [2.45, 2.75) is 174 Å². The number of amides is 6. The van der Waals surface area contributed by atoms with E-state index in [1.807, 2.05) is 13.8 Å². The van der Waals surface area contributed by atoms with Crippen molar-refractivity contribution in [1.82, 2.24) is 51.8 Å². The summed E-state index contributed by atoms with van der Waals surface area (Å²) in [6.45, 7) is 10.8. The highest BCUT2D eigenvalue weighted by Gasteiger charge is 2.33. The number of nitrogens with one attached hydrogen (secondary N) is 8. The number of nitrogens with zero attached hydrogens (tertiary/aromatic N) is 2. The maximum Gasteiger partial charge on any atom is 0.243 e. The molecule has 2 rings (SSSR count). The molecule has 6 amide bonds. The molecule has 0 unspecified atom stereocenters. The number of unbranched alkanes of at least 4 members (excludes halogenated alkanes) is 12. The van der Waals surface area contributed by atoms with Gasteiger partial charge in [0.1, 0.15) is 30.2 Å². The second-order valence-electron chi connectivity index (χ2n) is 16.0. The fourth-order valence-electron chi connectivity index (χ4n) is 6.62. The van der Waals surface area contributed by atoms with Gasteiger partial charge in [-0.25, -0.2) is 9.97 Å². The fraction of sp³-hybridized carbons (Fsp3) is 0.714. The minimum atomic E-state index is -1.13. The Morgan fingerprint density at radius 1 is 0.534 bits per heavy atom. The van der Waals surface area contributed by atoms with Gasteiger partial charge in [0, 0.05) is 38.7 Å². The van der Waals surface area contributed by atoms with Crippen LogP contribution in [0.15, 0.2) is 25.0 Å². The highest BCUT2D eigenvalue weighted by Crippen LogP contribution is 2.14. The maximum atomic E-state index is 13.7. The first-order valence-corrected chi connectivity index (χ1v) is 21.4. The lowest BCUT2D eigenvalue weighted by molar-refractivity contribution is -0.135. The Morgan fingerprint density at radius 2 is 0.966 bits per heavy atom. The SMILES string of the molecule is CCCCCCCCCCCCCCCC(=O)N[C@H](C(=O)N[C@@H](Cc1c[nH]cn1)C(=O)N[C@@H](C)C(=O)N[C@H](C(=O)N[C@@H](Cc1c[nH]cn1)C(=O)NC)C(C)C)C(C)C. The van der Waals surface area contributed by atoms with Crippen molar-refractivity contribution in [2.24, 2.45) is 11.8 Å². The summed E-state index contributed by atoms with van der Waals surface area (Å²) in [5, 5.41) is 16.2. The Morgan fingerprint density at radius 3 is 1.38 bits per heavy atom. The van der Waals surface area contributed by atoms with Gasteiger partial charge in [0.25, 0.3) is 0 Å². The monoisotopic (exact) mass is 813 g/mol. The average Bonchev–Trinajstić information content (AvgIpc) is 3.91. The number of hydrogen-bond acceptors (Lipinski definition) is 8. The molecule has 8 N–H and O–H groups in total. The number of likely N-dealkylation sites (N-methyl/N-ethyl adjacent to an activating group) is 1.